The maximum absolute atomic E-state index is 3.80. The fourth-order valence-electron chi connectivity index (χ4n) is 3.11. The number of benzene rings is 1. The summed E-state index contributed by atoms with van der Waals surface area (Å²) < 4.78 is 0. The van der Waals surface area contributed by atoms with Crippen molar-refractivity contribution in [2.75, 3.05) is 6.54 Å². The molecule has 1 N–H and O–H groups in total. The van der Waals surface area contributed by atoms with Gasteiger partial charge >= 0.3 is 0 Å². The Kier molecular flexibility index (Phi) is 5.04. The molecule has 0 heterocycles. The molecule has 0 aliphatic heterocycles. The normalized spacial score (nSPS) is 24.7. The number of hydrogen-bond donors (Lipinski definition) is 1. The Balaban J connectivity index is 1.79. The summed E-state index contributed by atoms with van der Waals surface area (Å²) in [6.07, 6.45) is 6.83. The monoisotopic (exact) mass is 259 g/mol. The average molecular weight is 259 g/mol. The first-order chi connectivity index (χ1) is 9.07. The molecule has 19 heavy (non-hydrogen) atoms. The van der Waals surface area contributed by atoms with Gasteiger partial charge in [0.25, 0.3) is 0 Å². The fraction of sp³-hybridized carbons (Fsp3) is 0.667. The lowest BCUT2D eigenvalue weighted by atomic mass is 9.85. The van der Waals surface area contributed by atoms with Crippen LogP contribution in [0.15, 0.2) is 30.3 Å². The third kappa shape index (κ3) is 4.65. The summed E-state index contributed by atoms with van der Waals surface area (Å²) in [6, 6.07) is 11.6. The predicted octanol–water partition coefficient (Wildman–Crippen LogP) is 4.74. The highest BCUT2D eigenvalue weighted by Gasteiger charge is 2.24. The first-order valence-electron chi connectivity index (χ1n) is 7.85. The summed E-state index contributed by atoms with van der Waals surface area (Å²) in [5.41, 5.74) is 2.01. The molecule has 1 aliphatic carbocycles. The second-order valence-electron chi connectivity index (χ2n) is 7.01. The highest BCUT2D eigenvalue weighted by molar-refractivity contribution is 5.19. The summed E-state index contributed by atoms with van der Waals surface area (Å²) in [5.74, 6) is 0.609. The van der Waals surface area contributed by atoms with E-state index in [1.165, 1.54) is 37.7 Å². The Morgan fingerprint density at radius 1 is 1.16 bits per heavy atom. The topological polar surface area (TPSA) is 12.0 Å². The van der Waals surface area contributed by atoms with E-state index in [1.54, 1.807) is 0 Å². The first kappa shape index (κ1) is 14.6. The van der Waals surface area contributed by atoms with Gasteiger partial charge in [0.2, 0.25) is 0 Å². The van der Waals surface area contributed by atoms with Crippen LogP contribution in [0, 0.1) is 5.41 Å². The van der Waals surface area contributed by atoms with Crippen molar-refractivity contribution in [1.29, 1.82) is 0 Å². The minimum Gasteiger partial charge on any atom is -0.313 e. The van der Waals surface area contributed by atoms with E-state index in [-0.39, 0.29) is 0 Å². The highest BCUT2D eigenvalue weighted by Crippen LogP contribution is 2.33. The van der Waals surface area contributed by atoms with Crippen molar-refractivity contribution in [3.05, 3.63) is 35.9 Å². The quantitative estimate of drug-likeness (QED) is 0.770. The standard InChI is InChI=1S/C18H29N/c1-15(16-8-5-4-6-9-16)14-19-17-10-7-12-18(2,3)13-11-17/h4-6,8-9,15,17,19H,7,10-14H2,1-3H3. The van der Waals surface area contributed by atoms with Gasteiger partial charge in [-0.3, -0.25) is 0 Å². The molecule has 0 aromatic heterocycles. The van der Waals surface area contributed by atoms with Crippen molar-refractivity contribution in [3.63, 3.8) is 0 Å². The van der Waals surface area contributed by atoms with Crippen molar-refractivity contribution in [3.8, 4) is 0 Å². The van der Waals surface area contributed by atoms with Gasteiger partial charge in [-0.15, -0.1) is 0 Å². The Labute approximate surface area is 118 Å². The van der Waals surface area contributed by atoms with Crippen molar-refractivity contribution < 1.29 is 0 Å². The zero-order valence-corrected chi connectivity index (χ0v) is 12.8. The van der Waals surface area contributed by atoms with Crippen LogP contribution in [0.4, 0.5) is 0 Å². The Hall–Kier alpha value is -0.820. The molecular formula is C18H29N. The lowest BCUT2D eigenvalue weighted by molar-refractivity contribution is 0.309. The fourth-order valence-corrected chi connectivity index (χ4v) is 3.11. The van der Waals surface area contributed by atoms with Gasteiger partial charge < -0.3 is 5.32 Å². The second-order valence-corrected chi connectivity index (χ2v) is 7.01. The third-order valence-electron chi connectivity index (χ3n) is 4.66. The molecular weight excluding hydrogens is 230 g/mol. The zero-order valence-electron chi connectivity index (χ0n) is 12.8. The Morgan fingerprint density at radius 3 is 2.63 bits per heavy atom. The van der Waals surface area contributed by atoms with Gasteiger partial charge in [-0.05, 0) is 42.6 Å². The third-order valence-corrected chi connectivity index (χ3v) is 4.66. The van der Waals surface area contributed by atoms with Crippen LogP contribution in [0.2, 0.25) is 0 Å². The van der Waals surface area contributed by atoms with E-state index >= 15 is 0 Å². The van der Waals surface area contributed by atoms with Gasteiger partial charge in [-0.1, -0.05) is 57.5 Å². The van der Waals surface area contributed by atoms with Crippen molar-refractivity contribution in [2.24, 2.45) is 5.41 Å². The maximum atomic E-state index is 3.80. The number of rotatable bonds is 4. The summed E-state index contributed by atoms with van der Waals surface area (Å²) in [6.45, 7) is 8.27. The van der Waals surface area contributed by atoms with Gasteiger partial charge in [-0.2, -0.15) is 0 Å². The Bertz CT molecular complexity index is 369. The minimum absolute atomic E-state index is 0.557. The molecule has 106 valence electrons. The largest absolute Gasteiger partial charge is 0.313 e. The van der Waals surface area contributed by atoms with E-state index in [4.69, 9.17) is 0 Å². The molecule has 0 bridgehead atoms. The molecule has 1 fully saturated rings. The second kappa shape index (κ2) is 6.56. The molecule has 2 rings (SSSR count). The van der Waals surface area contributed by atoms with E-state index in [2.05, 4.69) is 56.4 Å². The van der Waals surface area contributed by atoms with Gasteiger partial charge in [0.1, 0.15) is 0 Å². The number of nitrogens with one attached hydrogen (secondary N) is 1. The van der Waals surface area contributed by atoms with Gasteiger partial charge in [0.15, 0.2) is 0 Å². The van der Waals surface area contributed by atoms with E-state index in [0.717, 1.165) is 12.6 Å². The molecule has 1 aliphatic rings. The summed E-state index contributed by atoms with van der Waals surface area (Å²) in [7, 11) is 0. The van der Waals surface area contributed by atoms with Crippen LogP contribution in [0.25, 0.3) is 0 Å². The van der Waals surface area contributed by atoms with Crippen molar-refractivity contribution in [2.45, 2.75) is 64.8 Å². The predicted molar refractivity (Wildman–Crippen MR) is 83.5 cm³/mol. The van der Waals surface area contributed by atoms with Gasteiger partial charge in [-0.25, -0.2) is 0 Å². The van der Waals surface area contributed by atoms with Crippen LogP contribution < -0.4 is 5.32 Å². The summed E-state index contributed by atoms with van der Waals surface area (Å²) in [4.78, 5) is 0. The minimum atomic E-state index is 0.557. The highest BCUT2D eigenvalue weighted by atomic mass is 14.9. The maximum Gasteiger partial charge on any atom is 0.00675 e. The lowest BCUT2D eigenvalue weighted by Crippen LogP contribution is -2.31. The van der Waals surface area contributed by atoms with E-state index in [1.807, 2.05) is 0 Å². The van der Waals surface area contributed by atoms with E-state index < -0.39 is 0 Å². The van der Waals surface area contributed by atoms with Crippen LogP contribution in [0.5, 0.6) is 0 Å². The van der Waals surface area contributed by atoms with Gasteiger partial charge in [0, 0.05) is 12.6 Å². The Morgan fingerprint density at radius 2 is 1.89 bits per heavy atom. The molecule has 2 atom stereocenters. The summed E-state index contributed by atoms with van der Waals surface area (Å²) in [5, 5.41) is 3.80. The molecule has 1 aromatic carbocycles. The molecule has 0 spiro atoms. The smallest absolute Gasteiger partial charge is 0.00675 e. The molecule has 1 nitrogen and oxygen atoms in total. The SMILES string of the molecule is CC(CNC1CCCC(C)(C)CC1)c1ccccc1. The van der Waals surface area contributed by atoms with Crippen LogP contribution in [-0.4, -0.2) is 12.6 Å². The molecule has 2 unspecified atom stereocenters. The molecule has 1 aromatic rings. The van der Waals surface area contributed by atoms with E-state index in [0.29, 0.717) is 11.3 Å². The van der Waals surface area contributed by atoms with Crippen molar-refractivity contribution in [1.82, 2.24) is 5.32 Å². The molecule has 1 saturated carbocycles. The number of hydrogen-bond acceptors (Lipinski definition) is 1. The van der Waals surface area contributed by atoms with Crippen LogP contribution in [0.1, 0.15) is 64.4 Å². The summed E-state index contributed by atoms with van der Waals surface area (Å²) >= 11 is 0. The van der Waals surface area contributed by atoms with Crippen LogP contribution >= 0.6 is 0 Å². The van der Waals surface area contributed by atoms with Crippen LogP contribution in [-0.2, 0) is 0 Å². The first-order valence-corrected chi connectivity index (χ1v) is 7.85. The lowest BCUT2D eigenvalue weighted by Gasteiger charge is -2.23. The molecule has 0 saturated heterocycles. The van der Waals surface area contributed by atoms with Crippen LogP contribution in [0.3, 0.4) is 0 Å². The van der Waals surface area contributed by atoms with E-state index in [9.17, 15) is 0 Å². The van der Waals surface area contributed by atoms with Crippen molar-refractivity contribution >= 4 is 0 Å². The molecule has 0 amide bonds. The molecule has 1 heteroatoms. The van der Waals surface area contributed by atoms with Gasteiger partial charge in [0.05, 0.1) is 0 Å². The zero-order chi connectivity index (χ0) is 13.7. The average Bonchev–Trinajstić information content (AvgIpc) is 2.58. The molecule has 0 radical (unpaired) electrons.